The van der Waals surface area contributed by atoms with Crippen LogP contribution < -0.4 is 15.2 Å². The number of ether oxygens (including phenoxy) is 2. The molecule has 0 amide bonds. The van der Waals surface area contributed by atoms with E-state index < -0.39 is 0 Å². The van der Waals surface area contributed by atoms with E-state index in [1.54, 1.807) is 14.2 Å². The lowest BCUT2D eigenvalue weighted by Crippen LogP contribution is -2.41. The third kappa shape index (κ3) is 3.89. The largest absolute Gasteiger partial charge is 0.493 e. The van der Waals surface area contributed by atoms with Gasteiger partial charge >= 0.3 is 0 Å². The van der Waals surface area contributed by atoms with E-state index in [0.29, 0.717) is 0 Å². The van der Waals surface area contributed by atoms with E-state index in [4.69, 9.17) is 15.2 Å². The Balaban J connectivity index is 2.01. The summed E-state index contributed by atoms with van der Waals surface area (Å²) >= 11 is 0. The first-order valence-corrected chi connectivity index (χ1v) is 7.75. The lowest BCUT2D eigenvalue weighted by atomic mass is 9.88. The van der Waals surface area contributed by atoms with Gasteiger partial charge in [0.2, 0.25) is 0 Å². The number of methoxy groups -OCH3 is 2. The topological polar surface area (TPSA) is 47.7 Å². The van der Waals surface area contributed by atoms with Crippen molar-refractivity contribution in [3.05, 3.63) is 23.8 Å². The minimum Gasteiger partial charge on any atom is -0.493 e. The highest BCUT2D eigenvalue weighted by atomic mass is 16.5. The molecular weight excluding hydrogens is 264 g/mol. The minimum absolute atomic E-state index is 0.00501. The molecule has 1 aliphatic heterocycles. The summed E-state index contributed by atoms with van der Waals surface area (Å²) in [5.41, 5.74) is 7.48. The molecule has 0 aliphatic carbocycles. The van der Waals surface area contributed by atoms with Crippen molar-refractivity contribution in [3.63, 3.8) is 0 Å². The first-order chi connectivity index (χ1) is 10.0. The highest BCUT2D eigenvalue weighted by molar-refractivity contribution is 5.43. The monoisotopic (exact) mass is 292 g/mol. The van der Waals surface area contributed by atoms with Crippen LogP contribution in [0.25, 0.3) is 0 Å². The molecule has 0 bridgehead atoms. The van der Waals surface area contributed by atoms with Crippen molar-refractivity contribution >= 4 is 0 Å². The normalized spacial score (nSPS) is 24.6. The van der Waals surface area contributed by atoms with Gasteiger partial charge in [-0.1, -0.05) is 19.9 Å². The van der Waals surface area contributed by atoms with Crippen molar-refractivity contribution in [1.29, 1.82) is 0 Å². The standard InChI is InChI=1S/C17H28N2O2/c1-12-7-8-19(10-13(12)2)11-15(18)14-5-6-16(20-3)17(9-14)21-4/h5-6,9,12-13,15H,7-8,10-11,18H2,1-4H3. The van der Waals surface area contributed by atoms with Gasteiger partial charge in [-0.25, -0.2) is 0 Å². The molecule has 1 saturated heterocycles. The van der Waals surface area contributed by atoms with Crippen LogP contribution in [0.4, 0.5) is 0 Å². The molecule has 4 nitrogen and oxygen atoms in total. The zero-order valence-electron chi connectivity index (χ0n) is 13.6. The van der Waals surface area contributed by atoms with Crippen molar-refractivity contribution < 1.29 is 9.47 Å². The molecule has 1 aliphatic rings. The summed E-state index contributed by atoms with van der Waals surface area (Å²) in [7, 11) is 3.30. The van der Waals surface area contributed by atoms with Gasteiger partial charge < -0.3 is 20.1 Å². The Morgan fingerprint density at radius 3 is 2.52 bits per heavy atom. The van der Waals surface area contributed by atoms with Crippen molar-refractivity contribution in [2.75, 3.05) is 33.9 Å². The molecule has 21 heavy (non-hydrogen) atoms. The van der Waals surface area contributed by atoms with Gasteiger partial charge in [-0.2, -0.15) is 0 Å². The van der Waals surface area contributed by atoms with Gasteiger partial charge in [-0.3, -0.25) is 0 Å². The van der Waals surface area contributed by atoms with E-state index in [-0.39, 0.29) is 6.04 Å². The highest BCUT2D eigenvalue weighted by Crippen LogP contribution is 2.30. The maximum atomic E-state index is 6.38. The number of hydrogen-bond donors (Lipinski definition) is 1. The molecule has 0 aromatic heterocycles. The lowest BCUT2D eigenvalue weighted by molar-refractivity contribution is 0.132. The van der Waals surface area contributed by atoms with Crippen LogP contribution in [0.2, 0.25) is 0 Å². The van der Waals surface area contributed by atoms with E-state index in [0.717, 1.165) is 48.5 Å². The summed E-state index contributed by atoms with van der Waals surface area (Å²) in [4.78, 5) is 2.48. The fourth-order valence-electron chi connectivity index (χ4n) is 2.98. The zero-order valence-corrected chi connectivity index (χ0v) is 13.6. The fourth-order valence-corrected chi connectivity index (χ4v) is 2.98. The first-order valence-electron chi connectivity index (χ1n) is 7.75. The molecule has 3 atom stereocenters. The molecule has 0 saturated carbocycles. The molecule has 1 heterocycles. The Labute approximate surface area is 128 Å². The predicted octanol–water partition coefficient (Wildman–Crippen LogP) is 2.68. The Bertz CT molecular complexity index is 464. The number of nitrogens with zero attached hydrogens (tertiary/aromatic N) is 1. The van der Waals surface area contributed by atoms with Crippen molar-refractivity contribution in [2.24, 2.45) is 17.6 Å². The third-order valence-electron chi connectivity index (χ3n) is 4.71. The van der Waals surface area contributed by atoms with E-state index in [9.17, 15) is 0 Å². The lowest BCUT2D eigenvalue weighted by Gasteiger charge is -2.36. The molecule has 3 unspecified atom stereocenters. The molecule has 0 radical (unpaired) electrons. The summed E-state index contributed by atoms with van der Waals surface area (Å²) in [6.45, 7) is 7.86. The second-order valence-corrected chi connectivity index (χ2v) is 6.22. The summed E-state index contributed by atoms with van der Waals surface area (Å²) in [5.74, 6) is 3.05. The maximum absolute atomic E-state index is 6.38. The Kier molecular flexibility index (Phi) is 5.48. The number of likely N-dealkylation sites (tertiary alicyclic amines) is 1. The van der Waals surface area contributed by atoms with Crippen LogP contribution in [0.1, 0.15) is 31.9 Å². The van der Waals surface area contributed by atoms with E-state index in [1.807, 2.05) is 18.2 Å². The average molecular weight is 292 g/mol. The smallest absolute Gasteiger partial charge is 0.161 e. The summed E-state index contributed by atoms with van der Waals surface area (Å²) in [6.07, 6.45) is 1.26. The van der Waals surface area contributed by atoms with Crippen LogP contribution in [0, 0.1) is 11.8 Å². The predicted molar refractivity (Wildman–Crippen MR) is 85.9 cm³/mol. The fraction of sp³-hybridized carbons (Fsp3) is 0.647. The molecular formula is C17H28N2O2. The first kappa shape index (κ1) is 16.1. The Morgan fingerprint density at radius 2 is 1.90 bits per heavy atom. The number of piperidine rings is 1. The number of hydrogen-bond acceptors (Lipinski definition) is 4. The number of rotatable bonds is 5. The highest BCUT2D eigenvalue weighted by Gasteiger charge is 2.24. The number of nitrogens with two attached hydrogens (primary N) is 1. The van der Waals surface area contributed by atoms with Gasteiger partial charge in [-0.15, -0.1) is 0 Å². The zero-order chi connectivity index (χ0) is 15.4. The minimum atomic E-state index is 0.00501. The van der Waals surface area contributed by atoms with Crippen LogP contribution in [0.5, 0.6) is 11.5 Å². The van der Waals surface area contributed by atoms with Gasteiger partial charge in [0.1, 0.15) is 0 Å². The van der Waals surface area contributed by atoms with Crippen molar-refractivity contribution in [3.8, 4) is 11.5 Å². The molecule has 118 valence electrons. The molecule has 4 heteroatoms. The Morgan fingerprint density at radius 1 is 1.19 bits per heavy atom. The van der Waals surface area contributed by atoms with Crippen molar-refractivity contribution in [1.82, 2.24) is 4.90 Å². The maximum Gasteiger partial charge on any atom is 0.161 e. The van der Waals surface area contributed by atoms with Crippen LogP contribution in [-0.4, -0.2) is 38.8 Å². The third-order valence-corrected chi connectivity index (χ3v) is 4.71. The molecule has 2 rings (SSSR count). The summed E-state index contributed by atoms with van der Waals surface area (Å²) in [5, 5.41) is 0. The summed E-state index contributed by atoms with van der Waals surface area (Å²) < 4.78 is 10.6. The van der Waals surface area contributed by atoms with Crippen LogP contribution >= 0.6 is 0 Å². The second-order valence-electron chi connectivity index (χ2n) is 6.22. The van der Waals surface area contributed by atoms with Gasteiger partial charge in [0, 0.05) is 19.1 Å². The number of benzene rings is 1. The van der Waals surface area contributed by atoms with Crippen LogP contribution in [0.15, 0.2) is 18.2 Å². The molecule has 1 fully saturated rings. The molecule has 2 N–H and O–H groups in total. The quantitative estimate of drug-likeness (QED) is 0.906. The molecule has 1 aromatic carbocycles. The average Bonchev–Trinajstić information content (AvgIpc) is 2.50. The van der Waals surface area contributed by atoms with E-state index >= 15 is 0 Å². The SMILES string of the molecule is COc1ccc(C(N)CN2CCC(C)C(C)C2)cc1OC. The Hall–Kier alpha value is -1.26. The van der Waals surface area contributed by atoms with Gasteiger partial charge in [0.15, 0.2) is 11.5 Å². The molecule has 1 aromatic rings. The van der Waals surface area contributed by atoms with Gasteiger partial charge in [-0.05, 0) is 42.5 Å². The second kappa shape index (κ2) is 7.14. The van der Waals surface area contributed by atoms with Gasteiger partial charge in [0.25, 0.3) is 0 Å². The van der Waals surface area contributed by atoms with E-state index in [1.165, 1.54) is 6.42 Å². The van der Waals surface area contributed by atoms with Crippen LogP contribution in [0.3, 0.4) is 0 Å². The van der Waals surface area contributed by atoms with E-state index in [2.05, 4.69) is 18.7 Å². The van der Waals surface area contributed by atoms with Gasteiger partial charge in [0.05, 0.1) is 14.2 Å². The van der Waals surface area contributed by atoms with Crippen molar-refractivity contribution in [2.45, 2.75) is 26.3 Å². The molecule has 0 spiro atoms. The van der Waals surface area contributed by atoms with Crippen LogP contribution in [-0.2, 0) is 0 Å². The summed E-state index contributed by atoms with van der Waals surface area (Å²) in [6, 6.07) is 5.95.